The fraction of sp³-hybridized carbons (Fsp3) is 0.143. The van der Waals surface area contributed by atoms with E-state index in [0.717, 1.165) is 17.1 Å². The molecule has 140 valence electrons. The van der Waals surface area contributed by atoms with Gasteiger partial charge in [-0.3, -0.25) is 9.59 Å². The van der Waals surface area contributed by atoms with E-state index in [1.165, 1.54) is 0 Å². The van der Waals surface area contributed by atoms with Crippen molar-refractivity contribution in [2.75, 3.05) is 5.32 Å². The molecule has 0 atom stereocenters. The number of H-pyrrole nitrogens is 1. The number of aromatic nitrogens is 4. The van der Waals surface area contributed by atoms with Gasteiger partial charge in [-0.25, -0.2) is 10.1 Å². The van der Waals surface area contributed by atoms with E-state index in [2.05, 4.69) is 20.5 Å². The molecule has 0 saturated heterocycles. The lowest BCUT2D eigenvalue weighted by atomic mass is 10.1. The summed E-state index contributed by atoms with van der Waals surface area (Å²) in [5.41, 5.74) is 4.00. The zero-order valence-corrected chi connectivity index (χ0v) is 15.6. The summed E-state index contributed by atoms with van der Waals surface area (Å²) in [4.78, 5) is 28.6. The standard InChI is InChI=1S/C21H19N5O2/c1-13-14(2)26(12-22-13)16-9-7-15(8-10-16)23-20(27)11-19-17-5-3-4-6-18(17)21(28)25-24-19/h3-10,12H,11H2,1-2H3,(H,23,27)(H,25,28). The number of amides is 1. The zero-order chi connectivity index (χ0) is 19.7. The van der Waals surface area contributed by atoms with E-state index in [4.69, 9.17) is 0 Å². The first-order valence-corrected chi connectivity index (χ1v) is 8.90. The van der Waals surface area contributed by atoms with Crippen molar-refractivity contribution in [2.24, 2.45) is 0 Å². The fourth-order valence-electron chi connectivity index (χ4n) is 3.13. The van der Waals surface area contributed by atoms with Crippen LogP contribution in [0, 0.1) is 13.8 Å². The Morgan fingerprint density at radius 2 is 1.79 bits per heavy atom. The van der Waals surface area contributed by atoms with Crippen LogP contribution in [0.4, 0.5) is 5.69 Å². The minimum absolute atomic E-state index is 0.0683. The first-order valence-electron chi connectivity index (χ1n) is 8.90. The van der Waals surface area contributed by atoms with Crippen LogP contribution in [0.3, 0.4) is 0 Å². The second-order valence-electron chi connectivity index (χ2n) is 6.60. The number of imidazole rings is 1. The monoisotopic (exact) mass is 373 g/mol. The van der Waals surface area contributed by atoms with E-state index in [1.54, 1.807) is 24.5 Å². The molecule has 2 heterocycles. The van der Waals surface area contributed by atoms with Crippen molar-refractivity contribution in [1.29, 1.82) is 0 Å². The van der Waals surface area contributed by atoms with Crippen molar-refractivity contribution in [3.63, 3.8) is 0 Å². The molecule has 4 aromatic rings. The molecule has 2 N–H and O–H groups in total. The Bertz CT molecular complexity index is 1220. The summed E-state index contributed by atoms with van der Waals surface area (Å²) < 4.78 is 2.00. The SMILES string of the molecule is Cc1ncn(-c2ccc(NC(=O)Cc3n[nH]c(=O)c4ccccc34)cc2)c1C. The van der Waals surface area contributed by atoms with Crippen LogP contribution in [-0.2, 0) is 11.2 Å². The number of anilines is 1. The van der Waals surface area contributed by atoms with E-state index in [1.807, 2.05) is 48.7 Å². The van der Waals surface area contributed by atoms with Gasteiger partial charge in [0.25, 0.3) is 5.56 Å². The molecular weight excluding hydrogens is 354 g/mol. The Kier molecular flexibility index (Phi) is 4.49. The number of carbonyl (C=O) groups excluding carboxylic acids is 1. The first kappa shape index (κ1) is 17.7. The van der Waals surface area contributed by atoms with Crippen molar-refractivity contribution in [3.8, 4) is 5.69 Å². The lowest BCUT2D eigenvalue weighted by Crippen LogP contribution is -2.18. The van der Waals surface area contributed by atoms with Gasteiger partial charge in [-0.05, 0) is 44.2 Å². The predicted molar refractivity (Wildman–Crippen MR) is 108 cm³/mol. The van der Waals surface area contributed by atoms with Crippen LogP contribution in [0.2, 0.25) is 0 Å². The molecule has 4 rings (SSSR count). The number of carbonyl (C=O) groups is 1. The summed E-state index contributed by atoms with van der Waals surface area (Å²) in [6, 6.07) is 14.7. The fourth-order valence-corrected chi connectivity index (χ4v) is 3.13. The van der Waals surface area contributed by atoms with Gasteiger partial charge in [0, 0.05) is 22.5 Å². The molecule has 0 aliphatic rings. The zero-order valence-electron chi connectivity index (χ0n) is 15.6. The topological polar surface area (TPSA) is 92.7 Å². The second kappa shape index (κ2) is 7.11. The predicted octanol–water partition coefficient (Wildman–Crippen LogP) is 2.91. The van der Waals surface area contributed by atoms with Crippen molar-refractivity contribution in [3.05, 3.63) is 82.3 Å². The summed E-state index contributed by atoms with van der Waals surface area (Å²) in [5.74, 6) is -0.202. The van der Waals surface area contributed by atoms with Gasteiger partial charge in [-0.2, -0.15) is 5.10 Å². The summed E-state index contributed by atoms with van der Waals surface area (Å²) >= 11 is 0. The molecule has 0 bridgehead atoms. The lowest BCUT2D eigenvalue weighted by Gasteiger charge is -2.09. The van der Waals surface area contributed by atoms with Gasteiger partial charge in [-0.15, -0.1) is 0 Å². The highest BCUT2D eigenvalue weighted by Crippen LogP contribution is 2.18. The number of aromatic amines is 1. The minimum atomic E-state index is -0.264. The molecular formula is C21H19N5O2. The minimum Gasteiger partial charge on any atom is -0.326 e. The number of rotatable bonds is 4. The summed E-state index contributed by atoms with van der Waals surface area (Å²) in [6.07, 6.45) is 1.85. The van der Waals surface area contributed by atoms with Gasteiger partial charge in [0.05, 0.1) is 29.5 Å². The van der Waals surface area contributed by atoms with Crippen LogP contribution in [0.25, 0.3) is 16.5 Å². The molecule has 1 amide bonds. The van der Waals surface area contributed by atoms with Gasteiger partial charge < -0.3 is 9.88 Å². The molecule has 2 aromatic heterocycles. The maximum Gasteiger partial charge on any atom is 0.272 e. The highest BCUT2D eigenvalue weighted by atomic mass is 16.1. The molecule has 0 radical (unpaired) electrons. The van der Waals surface area contributed by atoms with E-state index < -0.39 is 0 Å². The number of nitrogens with one attached hydrogen (secondary N) is 2. The Labute approximate surface area is 161 Å². The van der Waals surface area contributed by atoms with Gasteiger partial charge in [-0.1, -0.05) is 18.2 Å². The number of aryl methyl sites for hydroxylation is 1. The first-order chi connectivity index (χ1) is 13.5. The Hall–Kier alpha value is -3.74. The second-order valence-corrected chi connectivity index (χ2v) is 6.60. The number of nitrogens with zero attached hydrogens (tertiary/aromatic N) is 3. The van der Waals surface area contributed by atoms with E-state index in [0.29, 0.717) is 22.2 Å². The van der Waals surface area contributed by atoms with E-state index >= 15 is 0 Å². The quantitative estimate of drug-likeness (QED) is 0.575. The third kappa shape index (κ3) is 3.29. The van der Waals surface area contributed by atoms with Crippen molar-refractivity contribution in [1.82, 2.24) is 19.7 Å². The van der Waals surface area contributed by atoms with Gasteiger partial charge >= 0.3 is 0 Å². The van der Waals surface area contributed by atoms with Gasteiger partial charge in [0.1, 0.15) is 0 Å². The maximum atomic E-state index is 12.5. The number of fused-ring (bicyclic) bond motifs is 1. The molecule has 28 heavy (non-hydrogen) atoms. The largest absolute Gasteiger partial charge is 0.326 e. The van der Waals surface area contributed by atoms with Crippen LogP contribution in [0.15, 0.2) is 59.7 Å². The normalized spacial score (nSPS) is 10.9. The highest BCUT2D eigenvalue weighted by Gasteiger charge is 2.11. The van der Waals surface area contributed by atoms with Crippen molar-refractivity contribution in [2.45, 2.75) is 20.3 Å². The lowest BCUT2D eigenvalue weighted by molar-refractivity contribution is -0.115. The van der Waals surface area contributed by atoms with Crippen molar-refractivity contribution >= 4 is 22.4 Å². The highest BCUT2D eigenvalue weighted by molar-refractivity contribution is 5.95. The van der Waals surface area contributed by atoms with Crippen LogP contribution in [-0.4, -0.2) is 25.7 Å². The number of benzene rings is 2. The summed E-state index contributed by atoms with van der Waals surface area (Å²) in [7, 11) is 0. The van der Waals surface area contributed by atoms with Crippen LogP contribution in [0.5, 0.6) is 0 Å². The van der Waals surface area contributed by atoms with Crippen molar-refractivity contribution < 1.29 is 4.79 Å². The molecule has 0 saturated carbocycles. The maximum absolute atomic E-state index is 12.5. The molecule has 0 unspecified atom stereocenters. The third-order valence-corrected chi connectivity index (χ3v) is 4.78. The smallest absolute Gasteiger partial charge is 0.272 e. The number of hydrogen-bond acceptors (Lipinski definition) is 4. The average molecular weight is 373 g/mol. The van der Waals surface area contributed by atoms with Crippen LogP contribution in [0.1, 0.15) is 17.1 Å². The molecule has 0 aliphatic heterocycles. The molecule has 7 nitrogen and oxygen atoms in total. The third-order valence-electron chi connectivity index (χ3n) is 4.78. The Morgan fingerprint density at radius 3 is 2.46 bits per heavy atom. The molecule has 0 aliphatic carbocycles. The van der Waals surface area contributed by atoms with Crippen LogP contribution < -0.4 is 10.9 Å². The summed E-state index contributed by atoms with van der Waals surface area (Å²) in [6.45, 7) is 3.98. The van der Waals surface area contributed by atoms with E-state index in [9.17, 15) is 9.59 Å². The molecule has 2 aromatic carbocycles. The number of hydrogen-bond donors (Lipinski definition) is 2. The van der Waals surface area contributed by atoms with Gasteiger partial charge in [0.2, 0.25) is 5.91 Å². The van der Waals surface area contributed by atoms with Crippen LogP contribution >= 0.6 is 0 Å². The molecule has 7 heteroatoms. The van der Waals surface area contributed by atoms with E-state index in [-0.39, 0.29) is 17.9 Å². The van der Waals surface area contributed by atoms with Gasteiger partial charge in [0.15, 0.2) is 0 Å². The average Bonchev–Trinajstić information content (AvgIpc) is 3.04. The Morgan fingerprint density at radius 1 is 1.07 bits per heavy atom. The molecule has 0 spiro atoms. The Balaban J connectivity index is 1.51. The molecule has 0 fully saturated rings. The summed E-state index contributed by atoms with van der Waals surface area (Å²) in [5, 5.41) is 10.6.